The van der Waals surface area contributed by atoms with Gasteiger partial charge in [-0.05, 0) is 61.6 Å². The maximum Gasteiger partial charge on any atom is 0.104 e. The second-order valence-electron chi connectivity index (χ2n) is 7.90. The first-order valence-electron chi connectivity index (χ1n) is 10.6. The van der Waals surface area contributed by atoms with Crippen LogP contribution in [0.4, 0.5) is 0 Å². The highest BCUT2D eigenvalue weighted by atomic mass is 16.3. The molecule has 0 unspecified atom stereocenters. The second-order valence-corrected chi connectivity index (χ2v) is 7.90. The van der Waals surface area contributed by atoms with Gasteiger partial charge < -0.3 is 5.11 Å². The van der Waals surface area contributed by atoms with Crippen molar-refractivity contribution < 1.29 is 5.11 Å². The first-order chi connectivity index (χ1) is 15.3. The van der Waals surface area contributed by atoms with Crippen LogP contribution in [0.3, 0.4) is 0 Å². The normalized spacial score (nSPS) is 20.3. The average molecular weight is 401 g/mol. The summed E-state index contributed by atoms with van der Waals surface area (Å²) in [7, 11) is 0. The third-order valence-corrected chi connectivity index (χ3v) is 6.09. The molecule has 5 rings (SSSR count). The molecular weight excluding hydrogens is 376 g/mol. The lowest BCUT2D eigenvalue weighted by Gasteiger charge is -2.43. The van der Waals surface area contributed by atoms with Gasteiger partial charge in [0.25, 0.3) is 0 Å². The summed E-state index contributed by atoms with van der Waals surface area (Å²) in [5.74, 6) is 2.94. The lowest BCUT2D eigenvalue weighted by atomic mass is 9.63. The molecule has 31 heavy (non-hydrogen) atoms. The Hall–Kier alpha value is -2.38. The summed E-state index contributed by atoms with van der Waals surface area (Å²) >= 11 is 0. The molecule has 10 radical (unpaired) electrons. The van der Waals surface area contributed by atoms with Crippen LogP contribution in [-0.2, 0) is 5.60 Å². The molecule has 2 saturated carbocycles. The van der Waals surface area contributed by atoms with E-state index in [4.69, 9.17) is 0 Å². The van der Waals surface area contributed by atoms with E-state index in [-0.39, 0.29) is 5.92 Å². The summed E-state index contributed by atoms with van der Waals surface area (Å²) < 4.78 is 0. The Morgan fingerprint density at radius 2 is 1.06 bits per heavy atom. The first kappa shape index (κ1) is 20.5. The Morgan fingerprint density at radius 3 is 1.61 bits per heavy atom. The molecule has 1 atom stereocenters. The molecule has 0 aliphatic heterocycles. The summed E-state index contributed by atoms with van der Waals surface area (Å²) in [5.41, 5.74) is 2.05. The molecule has 0 bridgehead atoms. The van der Waals surface area contributed by atoms with E-state index in [2.05, 4.69) is 67.8 Å². The molecule has 0 saturated heterocycles. The molecule has 2 fully saturated rings. The van der Waals surface area contributed by atoms with Gasteiger partial charge in [-0.3, -0.25) is 0 Å². The van der Waals surface area contributed by atoms with Crippen molar-refractivity contribution in [2.24, 2.45) is 0 Å². The molecule has 3 aromatic rings. The van der Waals surface area contributed by atoms with E-state index >= 15 is 0 Å². The Kier molecular flexibility index (Phi) is 5.96. The van der Waals surface area contributed by atoms with Crippen LogP contribution in [0.2, 0.25) is 0 Å². The molecule has 1 heteroatoms. The van der Waals surface area contributed by atoms with Gasteiger partial charge in [-0.25, -0.2) is 0 Å². The minimum Gasteiger partial charge on any atom is -0.384 e. The summed E-state index contributed by atoms with van der Waals surface area (Å²) in [6, 6.07) is 31.0. The highest BCUT2D eigenvalue weighted by Crippen LogP contribution is 2.58. The van der Waals surface area contributed by atoms with Gasteiger partial charge in [-0.15, -0.1) is 0 Å². The Morgan fingerprint density at radius 1 is 0.548 bits per heavy atom. The topological polar surface area (TPSA) is 20.2 Å². The highest BCUT2D eigenvalue weighted by molar-refractivity contribution is 5.63. The van der Waals surface area contributed by atoms with Crippen LogP contribution >= 0.6 is 0 Å². The van der Waals surface area contributed by atoms with Gasteiger partial charge >= 0.3 is 0 Å². The molecule has 0 aromatic heterocycles. The molecule has 3 aromatic carbocycles. The van der Waals surface area contributed by atoms with E-state index in [9.17, 15) is 5.11 Å². The molecule has 2 aliphatic carbocycles. The van der Waals surface area contributed by atoms with Crippen LogP contribution in [-0.4, -0.2) is 5.11 Å². The fourth-order valence-corrected chi connectivity index (χ4v) is 4.63. The molecule has 0 spiro atoms. The zero-order valence-electron chi connectivity index (χ0n) is 17.2. The summed E-state index contributed by atoms with van der Waals surface area (Å²) in [4.78, 5) is 0. The minimum absolute atomic E-state index is 0.0256. The predicted molar refractivity (Wildman–Crippen MR) is 125 cm³/mol. The molecule has 0 heterocycles. The van der Waals surface area contributed by atoms with Crippen molar-refractivity contribution in [3.8, 4) is 0 Å². The number of hydrogen-bond acceptors (Lipinski definition) is 1. The van der Waals surface area contributed by atoms with Gasteiger partial charge in [0.05, 0.1) is 0 Å². The molecular formula is C30H24O. The van der Waals surface area contributed by atoms with Crippen LogP contribution in [0.15, 0.2) is 91.0 Å². The second kappa shape index (κ2) is 9.01. The van der Waals surface area contributed by atoms with Crippen molar-refractivity contribution in [1.29, 1.82) is 0 Å². The van der Waals surface area contributed by atoms with Crippen molar-refractivity contribution in [2.45, 2.75) is 11.5 Å². The van der Waals surface area contributed by atoms with E-state index in [1.807, 2.05) is 68.1 Å². The lowest BCUT2D eigenvalue weighted by molar-refractivity contribution is 0.0800. The molecule has 2 aliphatic rings. The van der Waals surface area contributed by atoms with Gasteiger partial charge in [0.2, 0.25) is 0 Å². The number of benzene rings is 3. The van der Waals surface area contributed by atoms with Gasteiger partial charge in [0.15, 0.2) is 0 Å². The first-order valence-corrected chi connectivity index (χ1v) is 10.6. The Labute approximate surface area is 187 Å². The van der Waals surface area contributed by atoms with Gasteiger partial charge in [0.1, 0.15) is 5.60 Å². The third kappa shape index (κ3) is 3.85. The van der Waals surface area contributed by atoms with E-state index in [1.165, 1.54) is 11.1 Å². The van der Waals surface area contributed by atoms with Crippen molar-refractivity contribution >= 4 is 0 Å². The van der Waals surface area contributed by atoms with Crippen LogP contribution < -0.4 is 0 Å². The molecule has 1 N–H and O–H groups in total. The zero-order chi connectivity index (χ0) is 21.1. The van der Waals surface area contributed by atoms with E-state index < -0.39 is 5.60 Å². The monoisotopic (exact) mass is 400 g/mol. The van der Waals surface area contributed by atoms with Crippen molar-refractivity contribution in [1.82, 2.24) is 0 Å². The standard InChI is InChI=1S/C30H24O/c31-30(26-19-10-11-20-26,25-17-8-3-9-18-25)28-22-12-21-27(28)29(23-13-4-1-5-14-23)24-15-6-2-7-16-24/h1-22,29,31H/t30-/m0/s1. The maximum atomic E-state index is 12.3. The van der Waals surface area contributed by atoms with Crippen LogP contribution in [0, 0.1) is 62.7 Å². The van der Waals surface area contributed by atoms with E-state index in [1.54, 1.807) is 0 Å². The van der Waals surface area contributed by atoms with Crippen LogP contribution in [0.1, 0.15) is 22.6 Å². The fraction of sp³-hybridized carbons (Fsp3) is 0.0667. The van der Waals surface area contributed by atoms with Crippen LogP contribution in [0.25, 0.3) is 0 Å². The number of rotatable bonds is 6. The summed E-state index contributed by atoms with van der Waals surface area (Å²) in [5, 5.41) is 12.3. The van der Waals surface area contributed by atoms with Crippen molar-refractivity contribution in [3.05, 3.63) is 170 Å². The fourth-order valence-electron chi connectivity index (χ4n) is 4.63. The lowest BCUT2D eigenvalue weighted by Crippen LogP contribution is -2.42. The summed E-state index contributed by atoms with van der Waals surface area (Å²) in [6.45, 7) is 0. The van der Waals surface area contributed by atoms with Crippen molar-refractivity contribution in [3.63, 3.8) is 0 Å². The van der Waals surface area contributed by atoms with Gasteiger partial charge in [-0.1, -0.05) is 91.0 Å². The molecule has 150 valence electrons. The zero-order valence-corrected chi connectivity index (χ0v) is 17.2. The molecule has 1 nitrogen and oxygen atoms in total. The van der Waals surface area contributed by atoms with E-state index in [0.717, 1.165) is 23.3 Å². The minimum atomic E-state index is -1.23. The summed E-state index contributed by atoms with van der Waals surface area (Å²) in [6.07, 6.45) is 14.2. The SMILES string of the molecule is O[C@@]([C]1[CH][CH][CH][CH]1)([C]1[CH][CH][CH][C]1C(c1ccccc1)c1ccccc1)c1ccccc1. The third-order valence-electron chi connectivity index (χ3n) is 6.09. The number of hydrogen-bond donors (Lipinski definition) is 1. The predicted octanol–water partition coefficient (Wildman–Crippen LogP) is 5.89. The average Bonchev–Trinajstić information content (AvgIpc) is 3.54. The maximum absolute atomic E-state index is 12.3. The quantitative estimate of drug-likeness (QED) is 0.547. The van der Waals surface area contributed by atoms with Gasteiger partial charge in [-0.2, -0.15) is 0 Å². The molecule has 0 amide bonds. The van der Waals surface area contributed by atoms with E-state index in [0.29, 0.717) is 0 Å². The van der Waals surface area contributed by atoms with Crippen molar-refractivity contribution in [2.75, 3.05) is 0 Å². The smallest absolute Gasteiger partial charge is 0.104 e. The number of aliphatic hydroxyl groups is 1. The largest absolute Gasteiger partial charge is 0.384 e. The van der Waals surface area contributed by atoms with Crippen LogP contribution in [0.5, 0.6) is 0 Å². The Balaban J connectivity index is 1.60. The highest BCUT2D eigenvalue weighted by Gasteiger charge is 2.53. The van der Waals surface area contributed by atoms with Gasteiger partial charge in [0, 0.05) is 23.7 Å². The Bertz CT molecular complexity index is 906.